The van der Waals surface area contributed by atoms with Crippen molar-refractivity contribution in [2.75, 3.05) is 0 Å². The predicted molar refractivity (Wildman–Crippen MR) is 99.5 cm³/mol. The molecular weight excluding hydrogens is 350 g/mol. The molecule has 1 fully saturated rings. The van der Waals surface area contributed by atoms with Crippen LogP contribution in [-0.4, -0.2) is 31.7 Å². The third kappa shape index (κ3) is 3.46. The summed E-state index contributed by atoms with van der Waals surface area (Å²) in [5.41, 5.74) is 2.95. The van der Waals surface area contributed by atoms with Crippen LogP contribution in [0.1, 0.15) is 35.9 Å². The SMILES string of the molecule is CCc1ncnn1-c1cc(C(=O)NC2CC2)cc(-c2ccc(Cl)cn2)c1. The molecule has 1 saturated carbocycles. The largest absolute Gasteiger partial charge is 0.349 e. The highest BCUT2D eigenvalue weighted by atomic mass is 35.5. The molecule has 0 radical (unpaired) electrons. The summed E-state index contributed by atoms with van der Waals surface area (Å²) in [5, 5.41) is 7.92. The van der Waals surface area contributed by atoms with Crippen molar-refractivity contribution in [1.29, 1.82) is 0 Å². The van der Waals surface area contributed by atoms with E-state index in [0.29, 0.717) is 16.6 Å². The molecule has 0 unspecified atom stereocenters. The standard InChI is InChI=1S/C19H18ClN5O/c1-2-18-22-11-23-25(18)16-8-12(17-6-3-14(20)10-21-17)7-13(9-16)19(26)24-15-4-5-15/h3,6-11,15H,2,4-5H2,1H3,(H,24,26). The quantitative estimate of drug-likeness (QED) is 0.749. The second kappa shape index (κ2) is 6.88. The van der Waals surface area contributed by atoms with Crippen molar-refractivity contribution >= 4 is 17.5 Å². The van der Waals surface area contributed by atoms with Crippen LogP contribution in [0, 0.1) is 0 Å². The first-order valence-electron chi connectivity index (χ1n) is 8.61. The van der Waals surface area contributed by atoms with Gasteiger partial charge in [0.2, 0.25) is 0 Å². The molecule has 2 heterocycles. The number of aryl methyl sites for hydroxylation is 1. The number of hydrogen-bond donors (Lipinski definition) is 1. The van der Waals surface area contributed by atoms with E-state index in [0.717, 1.165) is 42.0 Å². The molecule has 1 aromatic carbocycles. The lowest BCUT2D eigenvalue weighted by molar-refractivity contribution is 0.0951. The topological polar surface area (TPSA) is 72.7 Å². The summed E-state index contributed by atoms with van der Waals surface area (Å²) >= 11 is 5.95. The average molecular weight is 368 g/mol. The van der Waals surface area contributed by atoms with Crippen LogP contribution in [0.4, 0.5) is 0 Å². The Morgan fingerprint density at radius 1 is 1.27 bits per heavy atom. The zero-order valence-electron chi connectivity index (χ0n) is 14.3. The van der Waals surface area contributed by atoms with Gasteiger partial charge in [0, 0.05) is 29.8 Å². The number of hydrogen-bond acceptors (Lipinski definition) is 4. The predicted octanol–water partition coefficient (Wildman–Crippen LogP) is 3.44. The van der Waals surface area contributed by atoms with Crippen LogP contribution in [0.25, 0.3) is 16.9 Å². The first-order valence-corrected chi connectivity index (χ1v) is 8.99. The third-order valence-corrected chi connectivity index (χ3v) is 4.52. The summed E-state index contributed by atoms with van der Waals surface area (Å²) in [6.07, 6.45) is 5.95. The number of nitrogens with one attached hydrogen (secondary N) is 1. The number of carbonyl (C=O) groups is 1. The molecule has 4 rings (SSSR count). The summed E-state index contributed by atoms with van der Waals surface area (Å²) < 4.78 is 1.76. The Labute approximate surface area is 156 Å². The lowest BCUT2D eigenvalue weighted by atomic mass is 10.1. The van der Waals surface area contributed by atoms with Crippen molar-refractivity contribution in [2.45, 2.75) is 32.2 Å². The number of halogens is 1. The van der Waals surface area contributed by atoms with Gasteiger partial charge in [-0.2, -0.15) is 5.10 Å². The van der Waals surface area contributed by atoms with E-state index in [-0.39, 0.29) is 5.91 Å². The number of aromatic nitrogens is 4. The highest BCUT2D eigenvalue weighted by molar-refractivity contribution is 6.30. The van der Waals surface area contributed by atoms with Gasteiger partial charge in [-0.3, -0.25) is 9.78 Å². The maximum Gasteiger partial charge on any atom is 0.251 e. The van der Waals surface area contributed by atoms with E-state index < -0.39 is 0 Å². The molecular formula is C19H18ClN5O. The van der Waals surface area contributed by atoms with Crippen LogP contribution in [0.15, 0.2) is 42.9 Å². The molecule has 0 bridgehead atoms. The first-order chi connectivity index (χ1) is 12.6. The zero-order valence-corrected chi connectivity index (χ0v) is 15.1. The van der Waals surface area contributed by atoms with Crippen molar-refractivity contribution in [3.8, 4) is 16.9 Å². The highest BCUT2D eigenvalue weighted by Crippen LogP contribution is 2.25. The van der Waals surface area contributed by atoms with E-state index in [2.05, 4.69) is 20.4 Å². The van der Waals surface area contributed by atoms with Crippen LogP contribution < -0.4 is 5.32 Å². The van der Waals surface area contributed by atoms with E-state index in [4.69, 9.17) is 11.6 Å². The summed E-state index contributed by atoms with van der Waals surface area (Å²) in [5.74, 6) is 0.752. The van der Waals surface area contributed by atoms with Gasteiger partial charge in [0.1, 0.15) is 12.2 Å². The molecule has 3 aromatic rings. The normalized spacial score (nSPS) is 13.6. The molecule has 0 saturated heterocycles. The fourth-order valence-electron chi connectivity index (χ4n) is 2.78. The van der Waals surface area contributed by atoms with Crippen molar-refractivity contribution in [2.24, 2.45) is 0 Å². The van der Waals surface area contributed by atoms with Gasteiger partial charge in [-0.1, -0.05) is 18.5 Å². The van der Waals surface area contributed by atoms with Crippen LogP contribution in [0.2, 0.25) is 5.02 Å². The van der Waals surface area contributed by atoms with Crippen molar-refractivity contribution < 1.29 is 4.79 Å². The molecule has 6 nitrogen and oxygen atoms in total. The molecule has 1 N–H and O–H groups in total. The van der Waals surface area contributed by atoms with Gasteiger partial charge in [-0.15, -0.1) is 0 Å². The van der Waals surface area contributed by atoms with Crippen LogP contribution in [-0.2, 0) is 6.42 Å². The molecule has 0 atom stereocenters. The zero-order chi connectivity index (χ0) is 18.1. The highest BCUT2D eigenvalue weighted by Gasteiger charge is 2.24. The summed E-state index contributed by atoms with van der Waals surface area (Å²) in [6, 6.07) is 9.56. The van der Waals surface area contributed by atoms with Crippen LogP contribution >= 0.6 is 11.6 Å². The summed E-state index contributed by atoms with van der Waals surface area (Å²) in [6.45, 7) is 2.02. The minimum atomic E-state index is -0.0808. The second-order valence-electron chi connectivity index (χ2n) is 6.32. The molecule has 0 aliphatic heterocycles. The number of amides is 1. The van der Waals surface area contributed by atoms with Gasteiger partial charge in [-0.25, -0.2) is 9.67 Å². The average Bonchev–Trinajstić information content (AvgIpc) is 3.34. The number of pyridine rings is 1. The van der Waals surface area contributed by atoms with Crippen LogP contribution in [0.3, 0.4) is 0 Å². The molecule has 1 aliphatic rings. The number of benzene rings is 1. The van der Waals surface area contributed by atoms with Gasteiger partial charge < -0.3 is 5.32 Å². The van der Waals surface area contributed by atoms with Gasteiger partial charge in [-0.05, 0) is 43.2 Å². The van der Waals surface area contributed by atoms with Crippen molar-refractivity contribution in [1.82, 2.24) is 25.1 Å². The van der Waals surface area contributed by atoms with Crippen molar-refractivity contribution in [3.05, 3.63) is 59.3 Å². The van der Waals surface area contributed by atoms with Gasteiger partial charge in [0.25, 0.3) is 5.91 Å². The maximum absolute atomic E-state index is 12.6. The Kier molecular flexibility index (Phi) is 4.42. The number of rotatable bonds is 5. The molecule has 7 heteroatoms. The third-order valence-electron chi connectivity index (χ3n) is 4.29. The van der Waals surface area contributed by atoms with Gasteiger partial charge >= 0.3 is 0 Å². The molecule has 1 amide bonds. The molecule has 2 aromatic heterocycles. The number of nitrogens with zero attached hydrogens (tertiary/aromatic N) is 4. The second-order valence-corrected chi connectivity index (χ2v) is 6.76. The van der Waals surface area contributed by atoms with E-state index in [1.807, 2.05) is 31.2 Å². The van der Waals surface area contributed by atoms with E-state index >= 15 is 0 Å². The van der Waals surface area contributed by atoms with E-state index in [1.165, 1.54) is 6.33 Å². The monoisotopic (exact) mass is 367 g/mol. The Morgan fingerprint density at radius 3 is 2.81 bits per heavy atom. The van der Waals surface area contributed by atoms with Gasteiger partial charge in [0.15, 0.2) is 0 Å². The minimum Gasteiger partial charge on any atom is -0.349 e. The maximum atomic E-state index is 12.6. The lowest BCUT2D eigenvalue weighted by Crippen LogP contribution is -2.25. The molecule has 0 spiro atoms. The summed E-state index contributed by atoms with van der Waals surface area (Å²) in [4.78, 5) is 21.3. The van der Waals surface area contributed by atoms with Crippen molar-refractivity contribution in [3.63, 3.8) is 0 Å². The first kappa shape index (κ1) is 16.7. The molecule has 132 valence electrons. The Hall–Kier alpha value is -2.73. The fraction of sp³-hybridized carbons (Fsp3) is 0.263. The molecule has 26 heavy (non-hydrogen) atoms. The van der Waals surface area contributed by atoms with Crippen LogP contribution in [0.5, 0.6) is 0 Å². The smallest absolute Gasteiger partial charge is 0.251 e. The minimum absolute atomic E-state index is 0.0808. The van der Waals surface area contributed by atoms with E-state index in [1.54, 1.807) is 16.9 Å². The molecule has 1 aliphatic carbocycles. The Balaban J connectivity index is 1.80. The number of carbonyl (C=O) groups excluding carboxylic acids is 1. The lowest BCUT2D eigenvalue weighted by Gasteiger charge is -2.11. The Morgan fingerprint density at radius 2 is 2.12 bits per heavy atom. The summed E-state index contributed by atoms with van der Waals surface area (Å²) in [7, 11) is 0. The Bertz CT molecular complexity index is 947. The van der Waals surface area contributed by atoms with E-state index in [9.17, 15) is 4.79 Å². The fourth-order valence-corrected chi connectivity index (χ4v) is 2.89. The van der Waals surface area contributed by atoms with Gasteiger partial charge in [0.05, 0.1) is 16.4 Å².